The summed E-state index contributed by atoms with van der Waals surface area (Å²) in [4.78, 5) is 11.3. The first-order chi connectivity index (χ1) is 17.2. The van der Waals surface area contributed by atoms with E-state index in [0.717, 1.165) is 19.3 Å². The lowest BCUT2D eigenvalue weighted by Crippen LogP contribution is -2.45. The molecular weight excluding hydrogens is 488 g/mol. The van der Waals surface area contributed by atoms with Crippen molar-refractivity contribution in [1.29, 1.82) is 0 Å². The molecule has 7 nitrogen and oxygen atoms in total. The number of carboxylic acids is 1. The minimum absolute atomic E-state index is 0.0279. The van der Waals surface area contributed by atoms with E-state index in [1.54, 1.807) is 6.08 Å². The van der Waals surface area contributed by atoms with Crippen LogP contribution >= 0.6 is 0 Å². The van der Waals surface area contributed by atoms with Crippen molar-refractivity contribution < 1.29 is 33.3 Å². The molecule has 1 aliphatic heterocycles. The molecular formula is C29H56O7Si. The standard InChI is InChI=1S/C29H56O7Si/c1-10-11-12-13-14-15-16-17-24(36-37(8,9)28(2,3)4)20-26-25(34-29(5,6)35-26)19-18-23(21-27(30)31)33-22-32-7/h18-19,23-26H,10-17,20-22H2,1-9H3,(H,30,31)/b19-18+/t23-,24-,25+,26+/m1/s1. The van der Waals surface area contributed by atoms with Crippen LogP contribution in [0.15, 0.2) is 12.2 Å². The number of carbonyl (C=O) groups is 1. The molecule has 1 rings (SSSR count). The highest BCUT2D eigenvalue weighted by molar-refractivity contribution is 6.74. The van der Waals surface area contributed by atoms with Gasteiger partial charge in [-0.15, -0.1) is 0 Å². The Labute approximate surface area is 227 Å². The van der Waals surface area contributed by atoms with Gasteiger partial charge in [0.25, 0.3) is 0 Å². The topological polar surface area (TPSA) is 83.5 Å². The minimum Gasteiger partial charge on any atom is -0.481 e. The van der Waals surface area contributed by atoms with Gasteiger partial charge >= 0.3 is 5.97 Å². The van der Waals surface area contributed by atoms with Crippen molar-refractivity contribution in [3.8, 4) is 0 Å². The predicted molar refractivity (Wildman–Crippen MR) is 151 cm³/mol. The first kappa shape index (κ1) is 34.3. The van der Waals surface area contributed by atoms with Crippen LogP contribution in [0.4, 0.5) is 0 Å². The van der Waals surface area contributed by atoms with Crippen LogP contribution in [0.3, 0.4) is 0 Å². The van der Waals surface area contributed by atoms with Crippen molar-refractivity contribution in [3.05, 3.63) is 12.2 Å². The Balaban J connectivity index is 2.94. The van der Waals surface area contributed by atoms with E-state index in [1.165, 1.54) is 45.6 Å². The van der Waals surface area contributed by atoms with Crippen molar-refractivity contribution in [2.45, 2.75) is 154 Å². The second-order valence-corrected chi connectivity index (χ2v) is 17.1. The summed E-state index contributed by atoms with van der Waals surface area (Å²) in [5.74, 6) is -1.65. The Hall–Kier alpha value is -0.773. The normalized spacial score (nSPS) is 22.0. The number of methoxy groups -OCH3 is 1. The third-order valence-corrected chi connectivity index (χ3v) is 11.9. The van der Waals surface area contributed by atoms with Gasteiger partial charge < -0.3 is 28.5 Å². The molecule has 1 fully saturated rings. The smallest absolute Gasteiger partial charge is 0.306 e. The fraction of sp³-hybridized carbons (Fsp3) is 0.897. The van der Waals surface area contributed by atoms with Gasteiger partial charge in [0.2, 0.25) is 0 Å². The fourth-order valence-electron chi connectivity index (χ4n) is 4.36. The van der Waals surface area contributed by atoms with Gasteiger partial charge in [-0.05, 0) is 38.4 Å². The zero-order chi connectivity index (χ0) is 28.1. The van der Waals surface area contributed by atoms with Crippen molar-refractivity contribution in [2.75, 3.05) is 13.9 Å². The Bertz CT molecular complexity index is 672. The monoisotopic (exact) mass is 544 g/mol. The predicted octanol–water partition coefficient (Wildman–Crippen LogP) is 7.45. The van der Waals surface area contributed by atoms with Gasteiger partial charge in [-0.25, -0.2) is 0 Å². The molecule has 0 aromatic rings. The Morgan fingerprint density at radius 2 is 1.70 bits per heavy atom. The lowest BCUT2D eigenvalue weighted by atomic mass is 10.0. The molecule has 0 saturated carbocycles. The summed E-state index contributed by atoms with van der Waals surface area (Å²) >= 11 is 0. The Morgan fingerprint density at radius 3 is 2.27 bits per heavy atom. The highest BCUT2D eigenvalue weighted by Crippen LogP contribution is 2.40. The molecule has 0 spiro atoms. The third-order valence-electron chi connectivity index (χ3n) is 7.41. The first-order valence-corrected chi connectivity index (χ1v) is 17.2. The number of rotatable bonds is 19. The quantitative estimate of drug-likeness (QED) is 0.0782. The average molecular weight is 545 g/mol. The van der Waals surface area contributed by atoms with E-state index in [1.807, 2.05) is 19.9 Å². The maximum absolute atomic E-state index is 11.3. The van der Waals surface area contributed by atoms with Gasteiger partial charge in [0.15, 0.2) is 14.1 Å². The Morgan fingerprint density at radius 1 is 1.08 bits per heavy atom. The van der Waals surface area contributed by atoms with Gasteiger partial charge in [-0.3, -0.25) is 4.79 Å². The molecule has 1 heterocycles. The number of hydrogen-bond donors (Lipinski definition) is 1. The average Bonchev–Trinajstić information content (AvgIpc) is 3.06. The lowest BCUT2D eigenvalue weighted by Gasteiger charge is -2.40. The maximum Gasteiger partial charge on any atom is 0.306 e. The van der Waals surface area contributed by atoms with E-state index in [9.17, 15) is 9.90 Å². The van der Waals surface area contributed by atoms with E-state index >= 15 is 0 Å². The molecule has 0 bridgehead atoms. The van der Waals surface area contributed by atoms with E-state index in [4.69, 9.17) is 23.4 Å². The van der Waals surface area contributed by atoms with E-state index < -0.39 is 26.2 Å². The molecule has 4 atom stereocenters. The number of aliphatic carboxylic acids is 1. The summed E-state index contributed by atoms with van der Waals surface area (Å²) in [6, 6.07) is 0. The SMILES string of the molecule is CCCCCCCCC[C@H](C[C@@H]1OC(C)(C)O[C@H]1/C=C/[C@H](CC(=O)O)OCOC)O[Si](C)(C)C(C)(C)C. The molecule has 218 valence electrons. The van der Waals surface area contributed by atoms with E-state index in [-0.39, 0.29) is 36.6 Å². The third kappa shape index (κ3) is 13.7. The van der Waals surface area contributed by atoms with Crippen molar-refractivity contribution in [1.82, 2.24) is 0 Å². The van der Waals surface area contributed by atoms with Crippen LogP contribution in [-0.4, -0.2) is 63.5 Å². The van der Waals surface area contributed by atoms with Crippen LogP contribution in [0.5, 0.6) is 0 Å². The van der Waals surface area contributed by atoms with Crippen LogP contribution in [0.25, 0.3) is 0 Å². The number of carboxylic acid groups (broad SMARTS) is 1. The van der Waals surface area contributed by atoms with Crippen LogP contribution in [0, 0.1) is 0 Å². The number of ether oxygens (including phenoxy) is 4. The molecule has 1 saturated heterocycles. The fourth-order valence-corrected chi connectivity index (χ4v) is 5.76. The Kier molecular flexibility index (Phi) is 15.1. The minimum atomic E-state index is -1.97. The van der Waals surface area contributed by atoms with Crippen LogP contribution < -0.4 is 0 Å². The van der Waals surface area contributed by atoms with Gasteiger partial charge in [0.1, 0.15) is 12.9 Å². The molecule has 1 N–H and O–H groups in total. The second kappa shape index (κ2) is 16.4. The lowest BCUT2D eigenvalue weighted by molar-refractivity contribution is -0.145. The van der Waals surface area contributed by atoms with Crippen molar-refractivity contribution >= 4 is 14.3 Å². The number of unbranched alkanes of at least 4 members (excludes halogenated alkanes) is 6. The molecule has 0 aromatic heterocycles. The summed E-state index contributed by atoms with van der Waals surface area (Å²) in [6.07, 6.45) is 13.1. The molecule has 37 heavy (non-hydrogen) atoms. The molecule has 0 radical (unpaired) electrons. The summed E-state index contributed by atoms with van der Waals surface area (Å²) in [6.45, 7) is 17.6. The van der Waals surface area contributed by atoms with Crippen LogP contribution in [0.2, 0.25) is 18.1 Å². The summed E-state index contributed by atoms with van der Waals surface area (Å²) in [5, 5.41) is 9.37. The molecule has 0 unspecified atom stereocenters. The van der Waals surface area contributed by atoms with Crippen molar-refractivity contribution in [2.24, 2.45) is 0 Å². The highest BCUT2D eigenvalue weighted by Gasteiger charge is 2.44. The van der Waals surface area contributed by atoms with Crippen LogP contribution in [0.1, 0.15) is 106 Å². The molecule has 0 aliphatic carbocycles. The van der Waals surface area contributed by atoms with Gasteiger partial charge in [0.05, 0.1) is 18.6 Å². The van der Waals surface area contributed by atoms with E-state index in [0.29, 0.717) is 0 Å². The van der Waals surface area contributed by atoms with Gasteiger partial charge in [-0.1, -0.05) is 84.8 Å². The maximum atomic E-state index is 11.3. The summed E-state index contributed by atoms with van der Waals surface area (Å²) < 4.78 is 30.0. The second-order valence-electron chi connectivity index (χ2n) is 12.4. The zero-order valence-electron chi connectivity index (χ0n) is 25.1. The summed E-state index contributed by atoms with van der Waals surface area (Å²) in [7, 11) is -0.451. The van der Waals surface area contributed by atoms with Crippen molar-refractivity contribution in [3.63, 3.8) is 0 Å². The highest BCUT2D eigenvalue weighted by atomic mass is 28.4. The largest absolute Gasteiger partial charge is 0.481 e. The van der Waals surface area contributed by atoms with Crippen LogP contribution in [-0.2, 0) is 28.2 Å². The van der Waals surface area contributed by atoms with E-state index in [2.05, 4.69) is 40.8 Å². The summed E-state index contributed by atoms with van der Waals surface area (Å²) in [5.41, 5.74) is 0. The van der Waals surface area contributed by atoms with Gasteiger partial charge in [0, 0.05) is 19.6 Å². The van der Waals surface area contributed by atoms with Gasteiger partial charge in [-0.2, -0.15) is 0 Å². The number of hydrogen-bond acceptors (Lipinski definition) is 6. The first-order valence-electron chi connectivity index (χ1n) is 14.2. The molecule has 0 aromatic carbocycles. The molecule has 1 aliphatic rings. The zero-order valence-corrected chi connectivity index (χ0v) is 26.1. The molecule has 0 amide bonds. The molecule has 8 heteroatoms.